The van der Waals surface area contributed by atoms with Crippen LogP contribution in [0.3, 0.4) is 0 Å². The van der Waals surface area contributed by atoms with Gasteiger partial charge in [0.25, 0.3) is 0 Å². The maximum absolute atomic E-state index is 10.2. The van der Waals surface area contributed by atoms with Crippen LogP contribution in [-0.4, -0.2) is 42.9 Å². The number of aliphatic hydroxyl groups excluding tert-OH is 1. The zero-order chi connectivity index (χ0) is 13.7. The first-order chi connectivity index (χ1) is 9.15. The van der Waals surface area contributed by atoms with Gasteiger partial charge in [-0.25, -0.2) is 0 Å². The van der Waals surface area contributed by atoms with Crippen LogP contribution in [0.5, 0.6) is 0 Å². The summed E-state index contributed by atoms with van der Waals surface area (Å²) < 4.78 is 5.71. The Morgan fingerprint density at radius 3 is 3.00 bits per heavy atom. The van der Waals surface area contributed by atoms with E-state index in [1.54, 1.807) is 0 Å². The number of hydrogen-bond donors (Lipinski definition) is 2. The zero-order valence-electron chi connectivity index (χ0n) is 11.6. The summed E-state index contributed by atoms with van der Waals surface area (Å²) in [5, 5.41) is 10.2. The van der Waals surface area contributed by atoms with E-state index in [1.165, 1.54) is 12.8 Å². The molecule has 0 aliphatic carbocycles. The van der Waals surface area contributed by atoms with Crippen LogP contribution < -0.4 is 5.73 Å². The molecule has 1 fully saturated rings. The Kier molecular flexibility index (Phi) is 5.19. The maximum Gasteiger partial charge on any atom is 0.0917 e. The molecule has 2 unspecified atom stereocenters. The number of ether oxygens (including phenoxy) is 1. The molecule has 0 saturated carbocycles. The van der Waals surface area contributed by atoms with E-state index in [-0.39, 0.29) is 0 Å². The molecule has 0 spiro atoms. The molecule has 0 aromatic heterocycles. The lowest BCUT2D eigenvalue weighted by Crippen LogP contribution is -2.35. The molecule has 1 aromatic rings. The van der Waals surface area contributed by atoms with Crippen LogP contribution in [0.15, 0.2) is 24.3 Å². The molecule has 0 radical (unpaired) electrons. The van der Waals surface area contributed by atoms with Crippen molar-refractivity contribution in [3.8, 4) is 0 Å². The number of hydrogen-bond acceptors (Lipinski definition) is 4. The van der Waals surface area contributed by atoms with Gasteiger partial charge in [-0.3, -0.25) is 0 Å². The van der Waals surface area contributed by atoms with E-state index in [2.05, 4.69) is 4.90 Å². The molecule has 0 bridgehead atoms. The van der Waals surface area contributed by atoms with Crippen LogP contribution in [0.4, 0.5) is 5.69 Å². The molecule has 3 N–H and O–H groups in total. The van der Waals surface area contributed by atoms with E-state index in [9.17, 15) is 5.11 Å². The van der Waals surface area contributed by atoms with Gasteiger partial charge in [-0.15, -0.1) is 0 Å². The normalized spacial score (nSPS) is 21.5. The van der Waals surface area contributed by atoms with Crippen molar-refractivity contribution in [3.63, 3.8) is 0 Å². The number of anilines is 1. The Bertz CT molecular complexity index is 391. The number of likely N-dealkylation sites (N-methyl/N-ethyl adjacent to an activating group) is 1. The van der Waals surface area contributed by atoms with Gasteiger partial charge in [0.05, 0.1) is 12.2 Å². The zero-order valence-corrected chi connectivity index (χ0v) is 11.6. The molecule has 1 aromatic carbocycles. The van der Waals surface area contributed by atoms with Gasteiger partial charge >= 0.3 is 0 Å². The standard InChI is InChI=1S/C15H24N2O2/c1-17(10-14-7-2-3-8-19-14)11-15(18)12-5-4-6-13(16)9-12/h4-6,9,14-15,18H,2-3,7-8,10-11,16H2,1H3. The molecular weight excluding hydrogens is 240 g/mol. The lowest BCUT2D eigenvalue weighted by molar-refractivity contribution is -0.00795. The second-order valence-corrected chi connectivity index (χ2v) is 5.40. The number of rotatable bonds is 5. The fourth-order valence-corrected chi connectivity index (χ4v) is 2.54. The fraction of sp³-hybridized carbons (Fsp3) is 0.600. The van der Waals surface area contributed by atoms with Crippen molar-refractivity contribution in [2.75, 3.05) is 32.5 Å². The van der Waals surface area contributed by atoms with E-state index in [0.29, 0.717) is 18.3 Å². The summed E-state index contributed by atoms with van der Waals surface area (Å²) in [6.45, 7) is 2.35. The molecule has 106 valence electrons. The first-order valence-corrected chi connectivity index (χ1v) is 6.99. The summed E-state index contributed by atoms with van der Waals surface area (Å²) in [5.74, 6) is 0. The van der Waals surface area contributed by atoms with E-state index in [1.807, 2.05) is 31.3 Å². The summed E-state index contributed by atoms with van der Waals surface area (Å²) in [6, 6.07) is 7.44. The van der Waals surface area contributed by atoms with Crippen LogP contribution in [0.2, 0.25) is 0 Å². The fourth-order valence-electron chi connectivity index (χ4n) is 2.54. The Hall–Kier alpha value is -1.10. The number of nitrogen functional groups attached to an aromatic ring is 1. The summed E-state index contributed by atoms with van der Waals surface area (Å²) in [5.41, 5.74) is 7.29. The highest BCUT2D eigenvalue weighted by Gasteiger charge is 2.18. The molecule has 2 rings (SSSR count). The largest absolute Gasteiger partial charge is 0.399 e. The average molecular weight is 264 g/mol. The van der Waals surface area contributed by atoms with E-state index in [0.717, 1.165) is 25.1 Å². The Morgan fingerprint density at radius 2 is 2.32 bits per heavy atom. The average Bonchev–Trinajstić information content (AvgIpc) is 2.39. The highest BCUT2D eigenvalue weighted by atomic mass is 16.5. The lowest BCUT2D eigenvalue weighted by Gasteiger charge is -2.28. The number of aliphatic hydroxyl groups is 1. The van der Waals surface area contributed by atoms with Crippen LogP contribution >= 0.6 is 0 Å². The molecule has 19 heavy (non-hydrogen) atoms. The molecule has 1 saturated heterocycles. The van der Waals surface area contributed by atoms with Crippen LogP contribution in [-0.2, 0) is 4.74 Å². The highest BCUT2D eigenvalue weighted by Crippen LogP contribution is 2.18. The van der Waals surface area contributed by atoms with Gasteiger partial charge in [0.2, 0.25) is 0 Å². The third kappa shape index (κ3) is 4.49. The number of benzene rings is 1. The van der Waals surface area contributed by atoms with Gasteiger partial charge < -0.3 is 20.5 Å². The second kappa shape index (κ2) is 6.89. The minimum absolute atomic E-state index is 0.312. The summed E-state index contributed by atoms with van der Waals surface area (Å²) in [7, 11) is 2.02. The van der Waals surface area contributed by atoms with Crippen molar-refractivity contribution in [1.82, 2.24) is 4.90 Å². The Balaban J connectivity index is 1.82. The third-order valence-corrected chi connectivity index (χ3v) is 3.57. The van der Waals surface area contributed by atoms with E-state index >= 15 is 0 Å². The van der Waals surface area contributed by atoms with Crippen LogP contribution in [0.25, 0.3) is 0 Å². The summed E-state index contributed by atoms with van der Waals surface area (Å²) in [4.78, 5) is 2.13. The second-order valence-electron chi connectivity index (χ2n) is 5.40. The van der Waals surface area contributed by atoms with E-state index < -0.39 is 6.10 Å². The van der Waals surface area contributed by atoms with Crippen LogP contribution in [0.1, 0.15) is 30.9 Å². The topological polar surface area (TPSA) is 58.7 Å². The van der Waals surface area contributed by atoms with Gasteiger partial charge in [0, 0.05) is 25.4 Å². The molecule has 1 heterocycles. The smallest absolute Gasteiger partial charge is 0.0917 e. The minimum Gasteiger partial charge on any atom is -0.399 e. The van der Waals surface area contributed by atoms with Crippen molar-refractivity contribution in [2.24, 2.45) is 0 Å². The van der Waals surface area contributed by atoms with Crippen molar-refractivity contribution >= 4 is 5.69 Å². The van der Waals surface area contributed by atoms with Crippen molar-refractivity contribution < 1.29 is 9.84 Å². The quantitative estimate of drug-likeness (QED) is 0.796. The predicted octanol–water partition coefficient (Wildman–Crippen LogP) is 1.80. The van der Waals surface area contributed by atoms with Gasteiger partial charge in [-0.2, -0.15) is 0 Å². The highest BCUT2D eigenvalue weighted by molar-refractivity contribution is 5.41. The Labute approximate surface area is 115 Å². The third-order valence-electron chi connectivity index (χ3n) is 3.57. The van der Waals surface area contributed by atoms with Crippen molar-refractivity contribution in [1.29, 1.82) is 0 Å². The molecule has 1 aliphatic rings. The van der Waals surface area contributed by atoms with Crippen molar-refractivity contribution in [2.45, 2.75) is 31.5 Å². The Morgan fingerprint density at radius 1 is 1.47 bits per heavy atom. The number of nitrogens with two attached hydrogens (primary N) is 1. The summed E-state index contributed by atoms with van der Waals surface area (Å²) in [6.07, 6.45) is 3.35. The molecular formula is C15H24N2O2. The lowest BCUT2D eigenvalue weighted by atomic mass is 10.1. The molecule has 4 heteroatoms. The molecule has 2 atom stereocenters. The van der Waals surface area contributed by atoms with Crippen molar-refractivity contribution in [3.05, 3.63) is 29.8 Å². The maximum atomic E-state index is 10.2. The summed E-state index contributed by atoms with van der Waals surface area (Å²) >= 11 is 0. The van der Waals surface area contributed by atoms with Crippen LogP contribution in [0, 0.1) is 0 Å². The van der Waals surface area contributed by atoms with Gasteiger partial charge in [0.15, 0.2) is 0 Å². The first-order valence-electron chi connectivity index (χ1n) is 6.99. The monoisotopic (exact) mass is 264 g/mol. The number of nitrogens with zero attached hydrogens (tertiary/aromatic N) is 1. The molecule has 1 aliphatic heterocycles. The van der Waals surface area contributed by atoms with Gasteiger partial charge in [-0.1, -0.05) is 12.1 Å². The SMILES string of the molecule is CN(CC1CCCCO1)CC(O)c1cccc(N)c1. The molecule has 0 amide bonds. The van der Waals surface area contributed by atoms with E-state index in [4.69, 9.17) is 10.5 Å². The first kappa shape index (κ1) is 14.3. The molecule has 4 nitrogen and oxygen atoms in total. The van der Waals surface area contributed by atoms with Gasteiger partial charge in [-0.05, 0) is 44.0 Å². The van der Waals surface area contributed by atoms with Gasteiger partial charge in [0.1, 0.15) is 0 Å². The predicted molar refractivity (Wildman–Crippen MR) is 76.9 cm³/mol. The minimum atomic E-state index is -0.503.